The van der Waals surface area contributed by atoms with E-state index in [9.17, 15) is 9.59 Å². The molecule has 4 atom stereocenters. The van der Waals surface area contributed by atoms with E-state index >= 15 is 0 Å². The molecule has 1 saturated carbocycles. The Morgan fingerprint density at radius 3 is 2.65 bits per heavy atom. The molecule has 1 aliphatic carbocycles. The largest absolute Gasteiger partial charge is 0.333 e. The SMILES string of the molecule is O=C(CN1CCCC1=O)N[C@]12C[C@H]3C[C@H](C[C@H](C3)O1)O2. The van der Waals surface area contributed by atoms with Crippen molar-refractivity contribution in [2.75, 3.05) is 13.1 Å². The standard InChI is InChI=1S/C14H20N2O4/c17-12(8-16-3-1-2-13(16)18)15-14-7-9-4-10(19-14)6-11(5-9)20-14/h9-11H,1-8H2,(H,15,17)/t9-,10+,11-,14-. The Balaban J connectivity index is 1.41. The summed E-state index contributed by atoms with van der Waals surface area (Å²) >= 11 is 0. The third kappa shape index (κ3) is 2.11. The van der Waals surface area contributed by atoms with Crippen LogP contribution in [-0.2, 0) is 19.1 Å². The molecule has 110 valence electrons. The average Bonchev–Trinajstić information content (AvgIpc) is 2.72. The maximum Gasteiger partial charge on any atom is 0.252 e. The zero-order valence-electron chi connectivity index (χ0n) is 11.5. The van der Waals surface area contributed by atoms with Crippen LogP contribution in [-0.4, -0.2) is 47.9 Å². The Hall–Kier alpha value is -1.14. The van der Waals surface area contributed by atoms with Crippen molar-refractivity contribution in [3.63, 3.8) is 0 Å². The van der Waals surface area contributed by atoms with Crippen molar-refractivity contribution in [3.8, 4) is 0 Å². The molecule has 5 fully saturated rings. The first-order valence-corrected chi connectivity index (χ1v) is 7.56. The van der Waals surface area contributed by atoms with Crippen LogP contribution in [0.2, 0.25) is 0 Å². The molecule has 6 nitrogen and oxygen atoms in total. The lowest BCUT2D eigenvalue weighted by atomic mass is 9.77. The lowest BCUT2D eigenvalue weighted by molar-refractivity contribution is -0.379. The number of nitrogens with zero attached hydrogens (tertiary/aromatic N) is 1. The van der Waals surface area contributed by atoms with Crippen LogP contribution in [0.15, 0.2) is 0 Å². The summed E-state index contributed by atoms with van der Waals surface area (Å²) < 4.78 is 11.8. The zero-order valence-corrected chi connectivity index (χ0v) is 11.5. The van der Waals surface area contributed by atoms with E-state index in [1.54, 1.807) is 4.90 Å². The van der Waals surface area contributed by atoms with Crippen molar-refractivity contribution in [1.29, 1.82) is 0 Å². The molecule has 4 heterocycles. The second-order valence-corrected chi connectivity index (χ2v) is 6.48. The molecule has 4 aliphatic heterocycles. The van der Waals surface area contributed by atoms with Gasteiger partial charge < -0.3 is 19.7 Å². The van der Waals surface area contributed by atoms with E-state index in [1.165, 1.54) is 0 Å². The number of hydrogen-bond donors (Lipinski definition) is 1. The third-order valence-corrected chi connectivity index (χ3v) is 4.83. The van der Waals surface area contributed by atoms with Crippen LogP contribution in [0.5, 0.6) is 0 Å². The highest BCUT2D eigenvalue weighted by Gasteiger charge is 2.54. The molecular weight excluding hydrogens is 260 g/mol. The van der Waals surface area contributed by atoms with Gasteiger partial charge in [0.2, 0.25) is 11.8 Å². The second kappa shape index (κ2) is 4.43. The van der Waals surface area contributed by atoms with Gasteiger partial charge in [0, 0.05) is 25.8 Å². The summed E-state index contributed by atoms with van der Waals surface area (Å²) in [4.78, 5) is 25.3. The highest BCUT2D eigenvalue weighted by molar-refractivity contribution is 5.86. The van der Waals surface area contributed by atoms with Crippen LogP contribution in [0.25, 0.3) is 0 Å². The van der Waals surface area contributed by atoms with E-state index in [-0.39, 0.29) is 30.6 Å². The second-order valence-electron chi connectivity index (χ2n) is 6.48. The van der Waals surface area contributed by atoms with E-state index in [4.69, 9.17) is 9.47 Å². The van der Waals surface area contributed by atoms with E-state index in [1.807, 2.05) is 0 Å². The molecule has 1 N–H and O–H groups in total. The number of carbonyl (C=O) groups excluding carboxylic acids is 2. The molecule has 0 aromatic heterocycles. The molecule has 0 unspecified atom stereocenters. The Kier molecular flexibility index (Phi) is 2.79. The monoisotopic (exact) mass is 280 g/mol. The maximum absolute atomic E-state index is 12.2. The van der Waals surface area contributed by atoms with Gasteiger partial charge in [-0.2, -0.15) is 0 Å². The molecule has 6 heteroatoms. The summed E-state index contributed by atoms with van der Waals surface area (Å²) in [6, 6.07) is 0. The summed E-state index contributed by atoms with van der Waals surface area (Å²) in [5.74, 6) is -0.445. The summed E-state index contributed by atoms with van der Waals surface area (Å²) in [5, 5.41) is 2.89. The van der Waals surface area contributed by atoms with Crippen molar-refractivity contribution >= 4 is 11.8 Å². The van der Waals surface area contributed by atoms with Crippen molar-refractivity contribution in [2.24, 2.45) is 5.92 Å². The fraction of sp³-hybridized carbons (Fsp3) is 0.857. The Labute approximate surface area is 117 Å². The number of rotatable bonds is 3. The lowest BCUT2D eigenvalue weighted by Crippen LogP contribution is -2.66. The molecule has 0 aromatic carbocycles. The van der Waals surface area contributed by atoms with E-state index in [0.29, 0.717) is 18.9 Å². The Morgan fingerprint density at radius 2 is 2.05 bits per heavy atom. The first kappa shape index (κ1) is 12.6. The number of amides is 2. The number of likely N-dealkylation sites (tertiary alicyclic amines) is 1. The van der Waals surface area contributed by atoms with Crippen LogP contribution < -0.4 is 5.32 Å². The van der Waals surface area contributed by atoms with Gasteiger partial charge in [0.25, 0.3) is 5.91 Å². The van der Waals surface area contributed by atoms with Gasteiger partial charge in [-0.05, 0) is 25.2 Å². The molecule has 4 saturated heterocycles. The highest BCUT2D eigenvalue weighted by atomic mass is 16.7. The van der Waals surface area contributed by atoms with Crippen LogP contribution in [0, 0.1) is 5.92 Å². The summed E-state index contributed by atoms with van der Waals surface area (Å²) in [6.07, 6.45) is 5.68. The topological polar surface area (TPSA) is 67.9 Å². The Bertz CT molecular complexity index is 415. The fourth-order valence-electron chi connectivity index (χ4n) is 4.13. The quantitative estimate of drug-likeness (QED) is 0.811. The normalized spacial score (nSPS) is 42.3. The predicted octanol–water partition coefficient (Wildman–Crippen LogP) is 0.367. The molecule has 2 amide bonds. The molecule has 20 heavy (non-hydrogen) atoms. The molecular formula is C14H20N2O4. The minimum atomic E-state index is -0.922. The van der Waals surface area contributed by atoms with Crippen molar-refractivity contribution in [2.45, 2.75) is 56.6 Å². The fourth-order valence-corrected chi connectivity index (χ4v) is 4.13. The van der Waals surface area contributed by atoms with Gasteiger partial charge in [-0.25, -0.2) is 0 Å². The minimum Gasteiger partial charge on any atom is -0.333 e. The molecule has 5 aliphatic rings. The summed E-state index contributed by atoms with van der Waals surface area (Å²) in [5.41, 5.74) is 0. The average molecular weight is 280 g/mol. The van der Waals surface area contributed by atoms with Gasteiger partial charge in [-0.1, -0.05) is 0 Å². The number of carbonyl (C=O) groups is 2. The first-order chi connectivity index (χ1) is 9.62. The predicted molar refractivity (Wildman–Crippen MR) is 68.4 cm³/mol. The van der Waals surface area contributed by atoms with Gasteiger partial charge in [-0.3, -0.25) is 9.59 Å². The Morgan fingerprint density at radius 1 is 1.30 bits per heavy atom. The van der Waals surface area contributed by atoms with Gasteiger partial charge in [0.15, 0.2) is 0 Å². The molecule has 4 bridgehead atoms. The molecule has 0 radical (unpaired) electrons. The third-order valence-electron chi connectivity index (χ3n) is 4.83. The zero-order chi connectivity index (χ0) is 13.7. The van der Waals surface area contributed by atoms with Crippen LogP contribution in [0.4, 0.5) is 0 Å². The van der Waals surface area contributed by atoms with Crippen molar-refractivity contribution in [3.05, 3.63) is 0 Å². The van der Waals surface area contributed by atoms with Gasteiger partial charge in [0.1, 0.15) is 0 Å². The number of nitrogens with one attached hydrogen (secondary N) is 1. The summed E-state index contributed by atoms with van der Waals surface area (Å²) in [6.45, 7) is 0.794. The van der Waals surface area contributed by atoms with E-state index < -0.39 is 5.91 Å². The van der Waals surface area contributed by atoms with E-state index in [2.05, 4.69) is 5.32 Å². The van der Waals surface area contributed by atoms with E-state index in [0.717, 1.165) is 32.1 Å². The van der Waals surface area contributed by atoms with Crippen LogP contribution in [0.3, 0.4) is 0 Å². The number of ether oxygens (including phenoxy) is 2. The van der Waals surface area contributed by atoms with Crippen LogP contribution >= 0.6 is 0 Å². The van der Waals surface area contributed by atoms with Crippen LogP contribution in [0.1, 0.15) is 38.5 Å². The van der Waals surface area contributed by atoms with Crippen molar-refractivity contribution < 1.29 is 19.1 Å². The minimum absolute atomic E-state index is 0.0625. The van der Waals surface area contributed by atoms with Gasteiger partial charge in [0.05, 0.1) is 18.8 Å². The smallest absolute Gasteiger partial charge is 0.252 e. The number of hydrogen-bond acceptors (Lipinski definition) is 4. The molecule has 0 aromatic rings. The molecule has 0 spiro atoms. The van der Waals surface area contributed by atoms with Gasteiger partial charge in [-0.15, -0.1) is 0 Å². The van der Waals surface area contributed by atoms with Gasteiger partial charge >= 0.3 is 0 Å². The molecule has 5 rings (SSSR count). The highest BCUT2D eigenvalue weighted by Crippen LogP contribution is 2.47. The summed E-state index contributed by atoms with van der Waals surface area (Å²) in [7, 11) is 0. The van der Waals surface area contributed by atoms with Crippen molar-refractivity contribution in [1.82, 2.24) is 10.2 Å². The maximum atomic E-state index is 12.2. The first-order valence-electron chi connectivity index (χ1n) is 7.56. The lowest BCUT2D eigenvalue weighted by Gasteiger charge is -2.55.